The molecular weight excluding hydrogens is 236 g/mol. The minimum absolute atomic E-state index is 0.420. The molecule has 0 spiro atoms. The molecule has 2 unspecified atom stereocenters. The van der Waals surface area contributed by atoms with Crippen molar-refractivity contribution in [2.24, 2.45) is 11.3 Å². The average molecular weight is 268 g/mol. The van der Waals surface area contributed by atoms with Gasteiger partial charge in [0.1, 0.15) is 0 Å². The van der Waals surface area contributed by atoms with Crippen LogP contribution < -0.4 is 5.32 Å². The van der Waals surface area contributed by atoms with Crippen molar-refractivity contribution < 1.29 is 4.74 Å². The second-order valence-corrected chi connectivity index (χ2v) is 7.13. The van der Waals surface area contributed by atoms with Gasteiger partial charge in [-0.2, -0.15) is 0 Å². The molecule has 0 amide bonds. The van der Waals surface area contributed by atoms with E-state index in [9.17, 15) is 0 Å². The van der Waals surface area contributed by atoms with Crippen molar-refractivity contribution >= 4 is 0 Å². The van der Waals surface area contributed by atoms with Crippen LogP contribution in [0, 0.1) is 11.3 Å². The Bertz CT molecular complexity index is 276. The zero-order valence-corrected chi connectivity index (χ0v) is 13.2. The third-order valence-electron chi connectivity index (χ3n) is 4.94. The first-order valence-corrected chi connectivity index (χ1v) is 8.06. The first-order valence-electron chi connectivity index (χ1n) is 8.06. The minimum Gasteiger partial charge on any atom is -0.380 e. The second kappa shape index (κ2) is 6.55. The van der Waals surface area contributed by atoms with Gasteiger partial charge in [-0.3, -0.25) is 4.90 Å². The number of ether oxygens (including phenoxy) is 1. The molecule has 0 bridgehead atoms. The predicted molar refractivity (Wildman–Crippen MR) is 80.4 cm³/mol. The Morgan fingerprint density at radius 2 is 2.00 bits per heavy atom. The van der Waals surface area contributed by atoms with Crippen LogP contribution in [0.2, 0.25) is 0 Å². The monoisotopic (exact) mass is 268 g/mol. The molecule has 3 nitrogen and oxygen atoms in total. The highest BCUT2D eigenvalue weighted by atomic mass is 16.5. The first-order chi connectivity index (χ1) is 9.04. The molecular formula is C16H32N2O. The molecule has 2 fully saturated rings. The third kappa shape index (κ3) is 4.17. The summed E-state index contributed by atoms with van der Waals surface area (Å²) in [4.78, 5) is 2.51. The summed E-state index contributed by atoms with van der Waals surface area (Å²) in [6, 6.07) is 1.28. The summed E-state index contributed by atoms with van der Waals surface area (Å²) in [5, 5.41) is 3.70. The molecule has 0 aromatic rings. The van der Waals surface area contributed by atoms with Crippen molar-refractivity contribution in [3.63, 3.8) is 0 Å². The van der Waals surface area contributed by atoms with Gasteiger partial charge < -0.3 is 10.1 Å². The first kappa shape index (κ1) is 15.3. The van der Waals surface area contributed by atoms with E-state index in [1.807, 2.05) is 0 Å². The SMILES string of the molecule is CCNC1C(N(C)CCOCC2CC2)CCC1(C)C. The number of rotatable bonds is 8. The van der Waals surface area contributed by atoms with Gasteiger partial charge in [-0.15, -0.1) is 0 Å². The Kier molecular flexibility index (Phi) is 5.27. The molecule has 1 N–H and O–H groups in total. The van der Waals surface area contributed by atoms with E-state index in [1.54, 1.807) is 0 Å². The highest BCUT2D eigenvalue weighted by molar-refractivity contribution is 5.00. The molecule has 2 atom stereocenters. The van der Waals surface area contributed by atoms with Gasteiger partial charge in [0.2, 0.25) is 0 Å². The molecule has 19 heavy (non-hydrogen) atoms. The molecule has 0 heterocycles. The van der Waals surface area contributed by atoms with E-state index >= 15 is 0 Å². The largest absolute Gasteiger partial charge is 0.380 e. The van der Waals surface area contributed by atoms with Gasteiger partial charge in [0.25, 0.3) is 0 Å². The molecule has 0 aromatic carbocycles. The maximum Gasteiger partial charge on any atom is 0.0593 e. The molecule has 3 heteroatoms. The molecule has 0 aromatic heterocycles. The topological polar surface area (TPSA) is 24.5 Å². The summed E-state index contributed by atoms with van der Waals surface area (Å²) in [7, 11) is 2.26. The lowest BCUT2D eigenvalue weighted by atomic mass is 9.86. The number of nitrogens with one attached hydrogen (secondary N) is 1. The van der Waals surface area contributed by atoms with Crippen LogP contribution in [-0.2, 0) is 4.74 Å². The predicted octanol–water partition coefficient (Wildman–Crippen LogP) is 2.51. The fraction of sp³-hybridized carbons (Fsp3) is 1.00. The van der Waals surface area contributed by atoms with Crippen LogP contribution in [0.1, 0.15) is 46.5 Å². The van der Waals surface area contributed by atoms with E-state index in [2.05, 4.69) is 38.0 Å². The number of nitrogens with zero attached hydrogens (tertiary/aromatic N) is 1. The standard InChI is InChI=1S/C16H32N2O/c1-5-17-15-14(8-9-16(15,2)3)18(4)10-11-19-12-13-6-7-13/h13-15,17H,5-12H2,1-4H3. The summed E-state index contributed by atoms with van der Waals surface area (Å²) in [6.45, 7) is 11.0. The molecule has 0 aliphatic heterocycles. The van der Waals surface area contributed by atoms with Crippen molar-refractivity contribution in [3.05, 3.63) is 0 Å². The van der Waals surface area contributed by atoms with E-state index in [0.29, 0.717) is 17.5 Å². The molecule has 2 saturated carbocycles. The number of hydrogen-bond donors (Lipinski definition) is 1. The lowest BCUT2D eigenvalue weighted by molar-refractivity contribution is 0.0826. The highest BCUT2D eigenvalue weighted by Crippen LogP contribution is 2.39. The minimum atomic E-state index is 0.420. The summed E-state index contributed by atoms with van der Waals surface area (Å²) in [5.74, 6) is 0.880. The molecule has 2 rings (SSSR count). The van der Waals surface area contributed by atoms with Crippen molar-refractivity contribution in [2.75, 3.05) is 33.4 Å². The lowest BCUT2D eigenvalue weighted by Gasteiger charge is -2.36. The average Bonchev–Trinajstić information content (AvgIpc) is 3.12. The highest BCUT2D eigenvalue weighted by Gasteiger charge is 2.42. The van der Waals surface area contributed by atoms with Crippen LogP contribution in [0.15, 0.2) is 0 Å². The second-order valence-electron chi connectivity index (χ2n) is 7.13. The normalized spacial score (nSPS) is 30.2. The number of likely N-dealkylation sites (N-methyl/N-ethyl adjacent to an activating group) is 2. The lowest BCUT2D eigenvalue weighted by Crippen LogP contribution is -2.51. The summed E-state index contributed by atoms with van der Waals surface area (Å²) in [5.41, 5.74) is 0.420. The molecule has 0 saturated heterocycles. The van der Waals surface area contributed by atoms with Gasteiger partial charge in [-0.25, -0.2) is 0 Å². The summed E-state index contributed by atoms with van der Waals surface area (Å²) in [6.07, 6.45) is 5.40. The van der Waals surface area contributed by atoms with E-state index in [4.69, 9.17) is 4.74 Å². The van der Waals surface area contributed by atoms with Crippen molar-refractivity contribution in [3.8, 4) is 0 Å². The Morgan fingerprint density at radius 1 is 1.26 bits per heavy atom. The van der Waals surface area contributed by atoms with Crippen LogP contribution in [0.5, 0.6) is 0 Å². The fourth-order valence-corrected chi connectivity index (χ4v) is 3.38. The third-order valence-corrected chi connectivity index (χ3v) is 4.94. The van der Waals surface area contributed by atoms with Crippen molar-refractivity contribution in [1.82, 2.24) is 10.2 Å². The zero-order valence-electron chi connectivity index (χ0n) is 13.2. The van der Waals surface area contributed by atoms with E-state index in [0.717, 1.165) is 32.2 Å². The quantitative estimate of drug-likeness (QED) is 0.685. The maximum absolute atomic E-state index is 5.77. The fourth-order valence-electron chi connectivity index (χ4n) is 3.38. The molecule has 2 aliphatic carbocycles. The Morgan fingerprint density at radius 3 is 2.63 bits per heavy atom. The maximum atomic E-state index is 5.77. The van der Waals surface area contributed by atoms with E-state index in [-0.39, 0.29) is 0 Å². The van der Waals surface area contributed by atoms with Gasteiger partial charge in [0, 0.05) is 25.2 Å². The zero-order chi connectivity index (χ0) is 13.9. The Balaban J connectivity index is 1.74. The van der Waals surface area contributed by atoms with Crippen molar-refractivity contribution in [1.29, 1.82) is 0 Å². The van der Waals surface area contributed by atoms with Gasteiger partial charge in [0.05, 0.1) is 6.61 Å². The van der Waals surface area contributed by atoms with Gasteiger partial charge in [-0.05, 0) is 50.6 Å². The van der Waals surface area contributed by atoms with E-state index < -0.39 is 0 Å². The van der Waals surface area contributed by atoms with Gasteiger partial charge in [-0.1, -0.05) is 20.8 Å². The Hall–Kier alpha value is -0.120. The van der Waals surface area contributed by atoms with Crippen LogP contribution in [0.25, 0.3) is 0 Å². The Labute approximate surface area is 119 Å². The van der Waals surface area contributed by atoms with Crippen LogP contribution >= 0.6 is 0 Å². The van der Waals surface area contributed by atoms with Gasteiger partial charge >= 0.3 is 0 Å². The van der Waals surface area contributed by atoms with Crippen LogP contribution in [0.4, 0.5) is 0 Å². The summed E-state index contributed by atoms with van der Waals surface area (Å²) >= 11 is 0. The van der Waals surface area contributed by atoms with Gasteiger partial charge in [0.15, 0.2) is 0 Å². The molecule has 2 aliphatic rings. The number of hydrogen-bond acceptors (Lipinski definition) is 3. The molecule has 0 radical (unpaired) electrons. The van der Waals surface area contributed by atoms with E-state index in [1.165, 1.54) is 25.7 Å². The van der Waals surface area contributed by atoms with Crippen LogP contribution in [0.3, 0.4) is 0 Å². The van der Waals surface area contributed by atoms with Crippen LogP contribution in [-0.4, -0.2) is 50.3 Å². The summed E-state index contributed by atoms with van der Waals surface area (Å²) < 4.78 is 5.77. The molecule has 112 valence electrons. The van der Waals surface area contributed by atoms with Crippen molar-refractivity contribution in [2.45, 2.75) is 58.5 Å². The smallest absolute Gasteiger partial charge is 0.0593 e.